The molecule has 1 heterocycles. The highest BCUT2D eigenvalue weighted by Gasteiger charge is 2.31. The number of benzene rings is 3. The summed E-state index contributed by atoms with van der Waals surface area (Å²) in [4.78, 5) is 27.8. The zero-order chi connectivity index (χ0) is 28.3. The van der Waals surface area contributed by atoms with Gasteiger partial charge in [-0.2, -0.15) is 0 Å². The molecule has 5 rings (SSSR count). The Hall–Kier alpha value is -3.95. The number of nitrogens with zero attached hydrogens (tertiary/aromatic N) is 1. The van der Waals surface area contributed by atoms with Gasteiger partial charge in [-0.15, -0.1) is 11.3 Å². The number of fused-ring (bicyclic) bond motifs is 1. The SMILES string of the molecule is CCOC(=O)c1c(NC(=O)c2ccccc2N(Cc2ccccc2)S(=O)(=O)c2ccc(C)cc2)sc2c1CCC2. The molecule has 0 fully saturated rings. The fourth-order valence-corrected chi connectivity index (χ4v) is 7.60. The maximum absolute atomic E-state index is 14.0. The van der Waals surface area contributed by atoms with Crippen LogP contribution in [0.5, 0.6) is 0 Å². The van der Waals surface area contributed by atoms with Gasteiger partial charge < -0.3 is 10.1 Å². The van der Waals surface area contributed by atoms with Crippen LogP contribution in [0, 0.1) is 6.92 Å². The molecule has 0 bridgehead atoms. The van der Waals surface area contributed by atoms with Gasteiger partial charge in [0, 0.05) is 4.88 Å². The molecule has 9 heteroatoms. The quantitative estimate of drug-likeness (QED) is 0.235. The van der Waals surface area contributed by atoms with Crippen molar-refractivity contribution in [2.45, 2.75) is 44.6 Å². The number of aryl methyl sites for hydroxylation is 2. The van der Waals surface area contributed by atoms with Crippen LogP contribution in [0.4, 0.5) is 10.7 Å². The van der Waals surface area contributed by atoms with Crippen LogP contribution in [0.2, 0.25) is 0 Å². The lowest BCUT2D eigenvalue weighted by Gasteiger charge is -2.26. The topological polar surface area (TPSA) is 92.8 Å². The Labute approximate surface area is 238 Å². The Kier molecular flexibility index (Phi) is 8.04. The monoisotopic (exact) mass is 574 g/mol. The molecule has 0 saturated carbocycles. The summed E-state index contributed by atoms with van der Waals surface area (Å²) in [5, 5.41) is 3.34. The lowest BCUT2D eigenvalue weighted by molar-refractivity contribution is 0.0527. The van der Waals surface area contributed by atoms with E-state index < -0.39 is 21.9 Å². The van der Waals surface area contributed by atoms with Gasteiger partial charge in [-0.1, -0.05) is 60.2 Å². The predicted molar refractivity (Wildman–Crippen MR) is 158 cm³/mol. The molecule has 1 aromatic heterocycles. The summed E-state index contributed by atoms with van der Waals surface area (Å²) < 4.78 is 34.6. The lowest BCUT2D eigenvalue weighted by Crippen LogP contribution is -2.32. The molecule has 0 spiro atoms. The van der Waals surface area contributed by atoms with Crippen molar-refractivity contribution >= 4 is 43.9 Å². The fourth-order valence-electron chi connectivity index (χ4n) is 4.85. The van der Waals surface area contributed by atoms with E-state index in [0.717, 1.165) is 40.8 Å². The number of carbonyl (C=O) groups excluding carboxylic acids is 2. The summed E-state index contributed by atoms with van der Waals surface area (Å²) in [5.74, 6) is -0.962. The second kappa shape index (κ2) is 11.7. The van der Waals surface area contributed by atoms with Gasteiger partial charge >= 0.3 is 5.97 Å². The number of carbonyl (C=O) groups is 2. The molecule has 1 aliphatic carbocycles. The zero-order valence-corrected chi connectivity index (χ0v) is 24.0. The summed E-state index contributed by atoms with van der Waals surface area (Å²) >= 11 is 1.38. The van der Waals surface area contributed by atoms with Gasteiger partial charge in [0.1, 0.15) is 5.00 Å². The number of rotatable bonds is 9. The van der Waals surface area contributed by atoms with Gasteiger partial charge in [0.25, 0.3) is 15.9 Å². The summed E-state index contributed by atoms with van der Waals surface area (Å²) in [5.41, 5.74) is 3.46. The predicted octanol–water partition coefficient (Wildman–Crippen LogP) is 6.37. The first-order valence-electron chi connectivity index (χ1n) is 13.1. The largest absolute Gasteiger partial charge is 0.462 e. The smallest absolute Gasteiger partial charge is 0.341 e. The number of amides is 1. The lowest BCUT2D eigenvalue weighted by atomic mass is 10.1. The highest BCUT2D eigenvalue weighted by atomic mass is 32.2. The molecule has 0 atom stereocenters. The second-order valence-corrected chi connectivity index (χ2v) is 12.5. The van der Waals surface area contributed by atoms with Crippen LogP contribution in [-0.2, 0) is 34.1 Å². The van der Waals surface area contributed by atoms with Crippen molar-refractivity contribution in [2.24, 2.45) is 0 Å². The van der Waals surface area contributed by atoms with E-state index in [2.05, 4.69) is 5.32 Å². The third-order valence-corrected chi connectivity index (χ3v) is 9.80. The van der Waals surface area contributed by atoms with Gasteiger partial charge in [0.15, 0.2) is 0 Å². The molecular weight excluding hydrogens is 544 g/mol. The van der Waals surface area contributed by atoms with E-state index in [1.54, 1.807) is 55.5 Å². The molecule has 0 unspecified atom stereocenters. The summed E-state index contributed by atoms with van der Waals surface area (Å²) in [6.07, 6.45) is 2.56. The highest BCUT2D eigenvalue weighted by Crippen LogP contribution is 2.40. The Bertz CT molecular complexity index is 1640. The van der Waals surface area contributed by atoms with E-state index in [1.807, 2.05) is 37.3 Å². The third kappa shape index (κ3) is 5.52. The molecule has 40 heavy (non-hydrogen) atoms. The van der Waals surface area contributed by atoms with E-state index in [0.29, 0.717) is 10.6 Å². The van der Waals surface area contributed by atoms with E-state index in [1.165, 1.54) is 15.6 Å². The van der Waals surface area contributed by atoms with Crippen molar-refractivity contribution in [1.82, 2.24) is 0 Å². The number of anilines is 2. The minimum atomic E-state index is -4.04. The minimum Gasteiger partial charge on any atom is -0.462 e. The molecule has 1 amide bonds. The number of sulfonamides is 1. The zero-order valence-electron chi connectivity index (χ0n) is 22.3. The summed E-state index contributed by atoms with van der Waals surface area (Å²) in [6.45, 7) is 3.89. The Balaban J connectivity index is 1.56. The molecule has 7 nitrogen and oxygen atoms in total. The first kappa shape index (κ1) is 27.6. The Morgan fingerprint density at radius 2 is 1.65 bits per heavy atom. The number of thiophene rings is 1. The van der Waals surface area contributed by atoms with Crippen molar-refractivity contribution in [3.63, 3.8) is 0 Å². The molecule has 1 N–H and O–H groups in total. The number of para-hydroxylation sites is 1. The van der Waals surface area contributed by atoms with Crippen molar-refractivity contribution in [2.75, 3.05) is 16.2 Å². The molecule has 1 aliphatic rings. The van der Waals surface area contributed by atoms with E-state index in [4.69, 9.17) is 4.74 Å². The average Bonchev–Trinajstić information content (AvgIpc) is 3.53. The van der Waals surface area contributed by atoms with Crippen molar-refractivity contribution < 1.29 is 22.7 Å². The maximum Gasteiger partial charge on any atom is 0.341 e. The second-order valence-electron chi connectivity index (χ2n) is 9.56. The van der Waals surface area contributed by atoms with Crippen molar-refractivity contribution in [1.29, 1.82) is 0 Å². The molecule has 0 saturated heterocycles. The van der Waals surface area contributed by atoms with Crippen LogP contribution >= 0.6 is 11.3 Å². The first-order chi connectivity index (χ1) is 19.3. The van der Waals surface area contributed by atoms with E-state index in [9.17, 15) is 18.0 Å². The number of ether oxygens (including phenoxy) is 1. The molecule has 206 valence electrons. The van der Waals surface area contributed by atoms with Crippen LogP contribution in [0.15, 0.2) is 83.8 Å². The number of esters is 1. The van der Waals surface area contributed by atoms with Crippen LogP contribution in [-0.4, -0.2) is 26.9 Å². The number of hydrogen-bond acceptors (Lipinski definition) is 6. The van der Waals surface area contributed by atoms with Gasteiger partial charge in [-0.3, -0.25) is 9.10 Å². The minimum absolute atomic E-state index is 0.0305. The third-order valence-electron chi connectivity index (χ3n) is 6.82. The van der Waals surface area contributed by atoms with Crippen LogP contribution in [0.1, 0.15) is 55.6 Å². The standard InChI is InChI=1S/C31H30N2O5S2/c1-3-38-31(35)28-25-13-9-15-27(25)39-30(28)32-29(34)24-12-7-8-14-26(24)33(20-22-10-5-4-6-11-22)40(36,37)23-18-16-21(2)17-19-23/h4-8,10-12,14,16-19H,3,9,13,15,20H2,1-2H3,(H,32,34). The van der Waals surface area contributed by atoms with Gasteiger partial charge in [0.05, 0.1) is 34.9 Å². The first-order valence-corrected chi connectivity index (χ1v) is 15.4. The Morgan fingerprint density at radius 1 is 0.950 bits per heavy atom. The van der Waals surface area contributed by atoms with E-state index >= 15 is 0 Å². The van der Waals surface area contributed by atoms with Crippen molar-refractivity contribution in [3.05, 3.63) is 112 Å². The maximum atomic E-state index is 14.0. The highest BCUT2D eigenvalue weighted by molar-refractivity contribution is 7.92. The van der Waals surface area contributed by atoms with Crippen LogP contribution in [0.3, 0.4) is 0 Å². The van der Waals surface area contributed by atoms with E-state index in [-0.39, 0.29) is 29.3 Å². The molecule has 0 radical (unpaired) electrons. The van der Waals surface area contributed by atoms with Gasteiger partial charge in [0.2, 0.25) is 0 Å². The molecular formula is C31H30N2O5S2. The normalized spacial score (nSPS) is 12.6. The Morgan fingerprint density at radius 3 is 2.38 bits per heavy atom. The van der Waals surface area contributed by atoms with Gasteiger partial charge in [-0.25, -0.2) is 13.2 Å². The van der Waals surface area contributed by atoms with Crippen LogP contribution < -0.4 is 9.62 Å². The summed E-state index contributed by atoms with van der Waals surface area (Å²) in [6, 6.07) is 22.5. The summed E-state index contributed by atoms with van der Waals surface area (Å²) in [7, 11) is -4.04. The molecule has 3 aromatic carbocycles. The number of hydrogen-bond donors (Lipinski definition) is 1. The average molecular weight is 575 g/mol. The fraction of sp³-hybridized carbons (Fsp3) is 0.226. The number of nitrogens with one attached hydrogen (secondary N) is 1. The molecule has 0 aliphatic heterocycles. The molecule has 4 aromatic rings. The van der Waals surface area contributed by atoms with Crippen molar-refractivity contribution in [3.8, 4) is 0 Å². The van der Waals surface area contributed by atoms with Gasteiger partial charge in [-0.05, 0) is 68.5 Å². The van der Waals surface area contributed by atoms with Crippen LogP contribution in [0.25, 0.3) is 0 Å².